The van der Waals surface area contributed by atoms with Crippen molar-refractivity contribution in [1.29, 1.82) is 0 Å². The Morgan fingerprint density at radius 1 is 1.03 bits per heavy atom. The molecule has 0 bridgehead atoms. The predicted octanol–water partition coefficient (Wildman–Crippen LogP) is 2.25. The Balaban J connectivity index is 1.28. The van der Waals surface area contributed by atoms with Crippen molar-refractivity contribution in [2.75, 3.05) is 51.8 Å². The number of ether oxygens (including phenoxy) is 1. The Labute approximate surface area is 200 Å². The van der Waals surface area contributed by atoms with Gasteiger partial charge in [-0.05, 0) is 45.3 Å². The zero-order valence-corrected chi connectivity index (χ0v) is 19.9. The number of amides is 3. The van der Waals surface area contributed by atoms with Crippen molar-refractivity contribution in [3.63, 3.8) is 0 Å². The van der Waals surface area contributed by atoms with E-state index in [0.29, 0.717) is 38.5 Å². The Hall–Kier alpha value is -3.04. The number of carbonyl (C=O) groups is 2. The first-order valence-electron chi connectivity index (χ1n) is 11.9. The number of hydrogen-bond acceptors (Lipinski definition) is 6. The fourth-order valence-electron chi connectivity index (χ4n) is 5.56. The van der Waals surface area contributed by atoms with E-state index in [0.717, 1.165) is 25.7 Å². The van der Waals surface area contributed by atoms with Gasteiger partial charge in [-0.3, -0.25) is 14.6 Å². The number of morpholine rings is 1. The number of benzene rings is 1. The molecule has 9 nitrogen and oxygen atoms in total. The van der Waals surface area contributed by atoms with Gasteiger partial charge in [0.2, 0.25) is 5.82 Å². The SMILES string of the molecule is CN(C)C1(c2ccccc2)CCC2(CC1)CN(c1cnc(C(=O)N3CCOCC3)nc1)C(=O)N2. The van der Waals surface area contributed by atoms with Crippen LogP contribution in [0.4, 0.5) is 10.5 Å². The van der Waals surface area contributed by atoms with Gasteiger partial charge in [-0.15, -0.1) is 0 Å². The van der Waals surface area contributed by atoms with Gasteiger partial charge >= 0.3 is 6.03 Å². The Morgan fingerprint density at radius 3 is 2.29 bits per heavy atom. The van der Waals surface area contributed by atoms with E-state index in [1.807, 2.05) is 6.07 Å². The van der Waals surface area contributed by atoms with Gasteiger partial charge in [0.05, 0.1) is 43.4 Å². The highest BCUT2D eigenvalue weighted by atomic mass is 16.5. The number of carbonyl (C=O) groups excluding carboxylic acids is 2. The number of aromatic nitrogens is 2. The van der Waals surface area contributed by atoms with Gasteiger partial charge in [-0.25, -0.2) is 14.8 Å². The molecular weight excluding hydrogens is 432 g/mol. The highest BCUT2D eigenvalue weighted by Crippen LogP contribution is 2.46. The number of nitrogens with one attached hydrogen (secondary N) is 1. The van der Waals surface area contributed by atoms with Crippen molar-refractivity contribution in [3.8, 4) is 0 Å². The average Bonchev–Trinajstić information content (AvgIpc) is 3.20. The molecule has 1 aliphatic carbocycles. The van der Waals surface area contributed by atoms with Crippen LogP contribution in [0.25, 0.3) is 0 Å². The Bertz CT molecular complexity index is 1030. The third-order valence-corrected chi connectivity index (χ3v) is 7.72. The number of urea groups is 1. The first-order valence-corrected chi connectivity index (χ1v) is 11.9. The van der Waals surface area contributed by atoms with Crippen LogP contribution >= 0.6 is 0 Å². The molecule has 2 aliphatic heterocycles. The number of rotatable bonds is 4. The summed E-state index contributed by atoms with van der Waals surface area (Å²) in [6.45, 7) is 2.71. The molecule has 180 valence electrons. The van der Waals surface area contributed by atoms with E-state index in [1.165, 1.54) is 5.56 Å². The van der Waals surface area contributed by atoms with Crippen molar-refractivity contribution in [1.82, 2.24) is 25.1 Å². The molecule has 1 aromatic heterocycles. The van der Waals surface area contributed by atoms with Crippen LogP contribution in [-0.4, -0.2) is 84.2 Å². The second-order valence-corrected chi connectivity index (χ2v) is 9.76. The Morgan fingerprint density at radius 2 is 1.68 bits per heavy atom. The standard InChI is InChI=1S/C25H32N6O3/c1-29(2)25(19-6-4-3-5-7-19)10-8-24(9-11-25)18-31(23(33)28-24)20-16-26-21(27-17-20)22(32)30-12-14-34-15-13-30/h3-7,16-17H,8-15,18H2,1-2H3,(H,28,33). The van der Waals surface area contributed by atoms with Gasteiger partial charge in [-0.2, -0.15) is 0 Å². The van der Waals surface area contributed by atoms with Crippen molar-refractivity contribution in [2.45, 2.75) is 36.8 Å². The summed E-state index contributed by atoms with van der Waals surface area (Å²) >= 11 is 0. The number of hydrogen-bond donors (Lipinski definition) is 1. The zero-order chi connectivity index (χ0) is 23.8. The molecule has 1 saturated carbocycles. The molecule has 0 radical (unpaired) electrons. The van der Waals surface area contributed by atoms with Crippen LogP contribution in [0.1, 0.15) is 41.9 Å². The molecule has 1 aromatic carbocycles. The Kier molecular flexibility index (Phi) is 5.99. The fraction of sp³-hybridized carbons (Fsp3) is 0.520. The molecule has 5 rings (SSSR count). The van der Waals surface area contributed by atoms with Crippen LogP contribution < -0.4 is 10.2 Å². The maximum Gasteiger partial charge on any atom is 0.322 e. The van der Waals surface area contributed by atoms with E-state index in [9.17, 15) is 9.59 Å². The minimum absolute atomic E-state index is 0.0325. The summed E-state index contributed by atoms with van der Waals surface area (Å²) in [6, 6.07) is 10.5. The van der Waals surface area contributed by atoms with Gasteiger partial charge in [0.25, 0.3) is 5.91 Å². The molecule has 3 aliphatic rings. The zero-order valence-electron chi connectivity index (χ0n) is 19.9. The van der Waals surface area contributed by atoms with E-state index in [-0.39, 0.29) is 28.8 Å². The van der Waals surface area contributed by atoms with Gasteiger partial charge < -0.3 is 15.0 Å². The maximum absolute atomic E-state index is 12.9. The van der Waals surface area contributed by atoms with E-state index in [1.54, 1.807) is 22.2 Å². The average molecular weight is 465 g/mol. The van der Waals surface area contributed by atoms with E-state index in [2.05, 4.69) is 58.5 Å². The summed E-state index contributed by atoms with van der Waals surface area (Å²) in [5.74, 6) is -0.0540. The quantitative estimate of drug-likeness (QED) is 0.746. The molecular formula is C25H32N6O3. The maximum atomic E-state index is 12.9. The van der Waals surface area contributed by atoms with E-state index in [4.69, 9.17) is 4.74 Å². The molecule has 9 heteroatoms. The van der Waals surface area contributed by atoms with Crippen molar-refractivity contribution < 1.29 is 14.3 Å². The van der Waals surface area contributed by atoms with E-state index >= 15 is 0 Å². The molecule has 3 heterocycles. The van der Waals surface area contributed by atoms with Crippen LogP contribution in [0.15, 0.2) is 42.7 Å². The van der Waals surface area contributed by atoms with Crippen LogP contribution in [0.5, 0.6) is 0 Å². The first kappa shape index (κ1) is 22.7. The molecule has 2 saturated heterocycles. The van der Waals surface area contributed by atoms with Crippen LogP contribution in [0.2, 0.25) is 0 Å². The minimum atomic E-state index is -0.270. The molecule has 1 spiro atoms. The van der Waals surface area contributed by atoms with Gasteiger partial charge in [-0.1, -0.05) is 30.3 Å². The van der Waals surface area contributed by atoms with Crippen LogP contribution in [0, 0.1) is 0 Å². The van der Waals surface area contributed by atoms with Crippen LogP contribution in [-0.2, 0) is 10.3 Å². The summed E-state index contributed by atoms with van der Waals surface area (Å²) in [4.78, 5) is 39.8. The van der Waals surface area contributed by atoms with Gasteiger partial charge in [0.15, 0.2) is 0 Å². The molecule has 0 atom stereocenters. The lowest BCUT2D eigenvalue weighted by molar-refractivity contribution is 0.0295. The monoisotopic (exact) mass is 464 g/mol. The highest BCUT2D eigenvalue weighted by Gasteiger charge is 2.50. The van der Waals surface area contributed by atoms with E-state index < -0.39 is 0 Å². The van der Waals surface area contributed by atoms with Gasteiger partial charge in [0.1, 0.15) is 0 Å². The lowest BCUT2D eigenvalue weighted by atomic mass is 9.69. The molecule has 0 unspecified atom stereocenters. The first-order chi connectivity index (χ1) is 16.4. The smallest absolute Gasteiger partial charge is 0.322 e. The largest absolute Gasteiger partial charge is 0.378 e. The third-order valence-electron chi connectivity index (χ3n) is 7.72. The molecule has 1 N–H and O–H groups in total. The number of nitrogens with zero attached hydrogens (tertiary/aromatic N) is 5. The lowest BCUT2D eigenvalue weighted by Crippen LogP contribution is -2.54. The van der Waals surface area contributed by atoms with Crippen molar-refractivity contribution in [2.24, 2.45) is 0 Å². The molecule has 3 amide bonds. The highest BCUT2D eigenvalue weighted by molar-refractivity contribution is 5.95. The second-order valence-electron chi connectivity index (χ2n) is 9.76. The molecule has 34 heavy (non-hydrogen) atoms. The summed E-state index contributed by atoms with van der Waals surface area (Å²) in [5.41, 5.74) is 1.63. The second kappa shape index (κ2) is 8.96. The lowest BCUT2D eigenvalue weighted by Gasteiger charge is -2.48. The topological polar surface area (TPSA) is 90.9 Å². The van der Waals surface area contributed by atoms with Crippen molar-refractivity contribution in [3.05, 3.63) is 54.1 Å². The van der Waals surface area contributed by atoms with Gasteiger partial charge in [0, 0.05) is 18.6 Å². The predicted molar refractivity (Wildman–Crippen MR) is 128 cm³/mol. The third kappa shape index (κ3) is 4.03. The summed E-state index contributed by atoms with van der Waals surface area (Å²) < 4.78 is 5.30. The fourth-order valence-corrected chi connectivity index (χ4v) is 5.56. The van der Waals surface area contributed by atoms with Crippen LogP contribution in [0.3, 0.4) is 0 Å². The summed E-state index contributed by atoms with van der Waals surface area (Å²) in [6.07, 6.45) is 6.85. The summed E-state index contributed by atoms with van der Waals surface area (Å²) in [5, 5.41) is 3.26. The number of anilines is 1. The van der Waals surface area contributed by atoms with Crippen molar-refractivity contribution >= 4 is 17.6 Å². The minimum Gasteiger partial charge on any atom is -0.378 e. The molecule has 2 aromatic rings. The normalized spacial score (nSPS) is 27.3. The molecule has 3 fully saturated rings. The summed E-state index contributed by atoms with van der Waals surface area (Å²) in [7, 11) is 4.28.